The average Bonchev–Trinajstić information content (AvgIpc) is 2.78. The van der Waals surface area contributed by atoms with Gasteiger partial charge in [0.25, 0.3) is 5.56 Å². The Morgan fingerprint density at radius 1 is 1.28 bits per heavy atom. The van der Waals surface area contributed by atoms with Crippen LogP contribution in [0.1, 0.15) is 31.7 Å². The topological polar surface area (TPSA) is 78.5 Å². The lowest BCUT2D eigenvalue weighted by Crippen LogP contribution is -2.40. The van der Waals surface area contributed by atoms with E-state index >= 15 is 0 Å². The molecule has 0 spiro atoms. The largest absolute Gasteiger partial charge is 0.507 e. The van der Waals surface area contributed by atoms with Crippen LogP contribution in [0.4, 0.5) is 10.1 Å². The van der Waals surface area contributed by atoms with Crippen molar-refractivity contribution >= 4 is 28.2 Å². The van der Waals surface area contributed by atoms with Crippen LogP contribution >= 0.6 is 11.6 Å². The summed E-state index contributed by atoms with van der Waals surface area (Å²) in [5.41, 5.74) is 0.821. The minimum absolute atomic E-state index is 0.0763. The predicted octanol–water partition coefficient (Wildman–Crippen LogP) is 4.81. The van der Waals surface area contributed by atoms with Gasteiger partial charge in [-0.25, -0.2) is 4.39 Å². The van der Waals surface area contributed by atoms with E-state index in [1.54, 1.807) is 6.07 Å². The van der Waals surface area contributed by atoms with Gasteiger partial charge in [-0.05, 0) is 44.4 Å². The van der Waals surface area contributed by atoms with E-state index in [2.05, 4.69) is 17.9 Å². The molecule has 1 aromatic heterocycles. The van der Waals surface area contributed by atoms with Crippen LogP contribution in [0, 0.1) is 17.1 Å². The molecule has 1 saturated heterocycles. The van der Waals surface area contributed by atoms with Crippen molar-refractivity contribution < 1.29 is 14.2 Å². The number of pyridine rings is 1. The molecular weight excluding hydrogens is 433 g/mol. The van der Waals surface area contributed by atoms with Crippen molar-refractivity contribution in [2.45, 2.75) is 38.8 Å². The van der Waals surface area contributed by atoms with Crippen molar-refractivity contribution in [1.82, 2.24) is 4.57 Å². The Balaban J connectivity index is 1.93. The first-order valence-electron chi connectivity index (χ1n) is 10.6. The van der Waals surface area contributed by atoms with Gasteiger partial charge >= 0.3 is 0 Å². The van der Waals surface area contributed by atoms with Gasteiger partial charge in [0, 0.05) is 18.0 Å². The van der Waals surface area contributed by atoms with Gasteiger partial charge in [0.1, 0.15) is 29.8 Å². The first kappa shape index (κ1) is 20.7. The van der Waals surface area contributed by atoms with Crippen molar-refractivity contribution in [3.63, 3.8) is 0 Å². The van der Waals surface area contributed by atoms with Crippen LogP contribution in [-0.2, 0) is 6.54 Å². The molecule has 2 aromatic carbocycles. The van der Waals surface area contributed by atoms with Gasteiger partial charge in [0.15, 0.2) is 5.75 Å². The Kier molecular flexibility index (Phi) is 4.98. The van der Waals surface area contributed by atoms with E-state index in [4.69, 9.17) is 16.3 Å². The third-order valence-corrected chi connectivity index (χ3v) is 6.73. The summed E-state index contributed by atoms with van der Waals surface area (Å²) in [6.07, 6.45) is 2.99. The number of benzene rings is 2. The van der Waals surface area contributed by atoms with Crippen molar-refractivity contribution in [3.8, 4) is 28.7 Å². The molecular formula is C24H21ClFN3O3. The fourth-order valence-corrected chi connectivity index (χ4v) is 5.24. The van der Waals surface area contributed by atoms with Crippen molar-refractivity contribution in [1.29, 1.82) is 5.26 Å². The van der Waals surface area contributed by atoms with E-state index in [0.29, 0.717) is 16.6 Å². The Morgan fingerprint density at radius 2 is 2.09 bits per heavy atom. The van der Waals surface area contributed by atoms with Gasteiger partial charge in [0.2, 0.25) is 0 Å². The van der Waals surface area contributed by atoms with Crippen LogP contribution in [0.3, 0.4) is 0 Å². The zero-order valence-electron chi connectivity index (χ0n) is 17.5. The van der Waals surface area contributed by atoms with Crippen LogP contribution in [0.15, 0.2) is 29.1 Å². The summed E-state index contributed by atoms with van der Waals surface area (Å²) in [6.45, 7) is 3.22. The van der Waals surface area contributed by atoms with Crippen LogP contribution in [-0.4, -0.2) is 28.9 Å². The molecule has 8 heteroatoms. The number of aromatic hydroxyl groups is 1. The lowest BCUT2D eigenvalue weighted by atomic mass is 9.95. The summed E-state index contributed by atoms with van der Waals surface area (Å²) in [6, 6.07) is 7.94. The third kappa shape index (κ3) is 2.94. The lowest BCUT2D eigenvalue weighted by molar-refractivity contribution is 0.285. The number of piperidine rings is 1. The molecule has 6 nitrogen and oxygen atoms in total. The first-order valence-corrected chi connectivity index (χ1v) is 11.0. The number of phenols is 1. The fourth-order valence-electron chi connectivity index (χ4n) is 4.95. The molecule has 164 valence electrons. The summed E-state index contributed by atoms with van der Waals surface area (Å²) in [5.74, 6) is -0.681. The van der Waals surface area contributed by atoms with E-state index in [-0.39, 0.29) is 52.4 Å². The van der Waals surface area contributed by atoms with E-state index in [1.165, 1.54) is 22.8 Å². The normalized spacial score (nSPS) is 17.8. The summed E-state index contributed by atoms with van der Waals surface area (Å²) < 4.78 is 22.2. The zero-order valence-corrected chi connectivity index (χ0v) is 18.2. The quantitative estimate of drug-likeness (QED) is 0.602. The molecule has 1 atom stereocenters. The molecule has 3 heterocycles. The highest BCUT2D eigenvalue weighted by Crippen LogP contribution is 2.49. The lowest BCUT2D eigenvalue weighted by Gasteiger charge is -2.37. The number of nitrogens with zero attached hydrogens (tertiary/aromatic N) is 3. The Hall–Kier alpha value is -3.24. The second-order valence-corrected chi connectivity index (χ2v) is 8.68. The van der Waals surface area contributed by atoms with E-state index < -0.39 is 11.4 Å². The summed E-state index contributed by atoms with van der Waals surface area (Å²) in [7, 11) is 0. The highest BCUT2D eigenvalue weighted by atomic mass is 35.5. The van der Waals surface area contributed by atoms with Gasteiger partial charge in [-0.3, -0.25) is 4.79 Å². The molecule has 0 amide bonds. The highest BCUT2D eigenvalue weighted by Gasteiger charge is 2.32. The number of phenolic OH excluding ortho intramolecular Hbond substituents is 1. The zero-order chi connectivity index (χ0) is 22.6. The molecule has 32 heavy (non-hydrogen) atoms. The minimum Gasteiger partial charge on any atom is -0.507 e. The molecule has 0 saturated carbocycles. The Bertz CT molecular complexity index is 1340. The summed E-state index contributed by atoms with van der Waals surface area (Å²) >= 11 is 6.68. The molecule has 3 aromatic rings. The van der Waals surface area contributed by atoms with Crippen molar-refractivity contribution in [2.24, 2.45) is 0 Å². The monoisotopic (exact) mass is 453 g/mol. The van der Waals surface area contributed by atoms with Gasteiger partial charge in [-0.15, -0.1) is 0 Å². The maximum atomic E-state index is 14.8. The number of nitriles is 1. The number of hydrogen-bond acceptors (Lipinski definition) is 5. The second kappa shape index (κ2) is 7.72. The second-order valence-electron chi connectivity index (χ2n) is 8.27. The number of halogens is 2. The molecule has 1 fully saturated rings. The molecule has 0 aliphatic carbocycles. The highest BCUT2D eigenvalue weighted by molar-refractivity contribution is 6.35. The molecule has 2 aliphatic heterocycles. The van der Waals surface area contributed by atoms with Gasteiger partial charge < -0.3 is 19.3 Å². The van der Waals surface area contributed by atoms with E-state index in [0.717, 1.165) is 25.8 Å². The first-order chi connectivity index (χ1) is 15.4. The van der Waals surface area contributed by atoms with Crippen LogP contribution in [0.2, 0.25) is 5.02 Å². The average molecular weight is 454 g/mol. The molecule has 1 N–H and O–H groups in total. The fraction of sp³-hybridized carbons (Fsp3) is 0.333. The van der Waals surface area contributed by atoms with E-state index in [1.807, 2.05) is 0 Å². The molecule has 5 rings (SSSR count). The number of rotatable bonds is 2. The third-order valence-electron chi connectivity index (χ3n) is 6.43. The molecule has 0 bridgehead atoms. The van der Waals surface area contributed by atoms with Gasteiger partial charge in [-0.2, -0.15) is 5.26 Å². The summed E-state index contributed by atoms with van der Waals surface area (Å²) in [5, 5.41) is 21.1. The van der Waals surface area contributed by atoms with Gasteiger partial charge in [0.05, 0.1) is 33.9 Å². The molecule has 2 aliphatic rings. The standard InChI is InChI=1S/C24H21ClFN3O3/c1-13-5-2-3-8-28(13)21-14-11-16(25)19(20-17(26)6-4-7-18(20)30)23-22(14)29(9-10-32-23)24(31)15(21)12-27/h4,6-7,11,13,30H,2-3,5,8-10H2,1H3/t13-/m0/s1. The Morgan fingerprint density at radius 3 is 2.81 bits per heavy atom. The number of anilines is 1. The smallest absolute Gasteiger partial charge is 0.271 e. The number of hydrogen-bond donors (Lipinski definition) is 1. The number of ether oxygens (including phenoxy) is 1. The molecule has 0 radical (unpaired) electrons. The van der Waals surface area contributed by atoms with E-state index in [9.17, 15) is 19.6 Å². The summed E-state index contributed by atoms with van der Waals surface area (Å²) in [4.78, 5) is 15.5. The predicted molar refractivity (Wildman–Crippen MR) is 121 cm³/mol. The van der Waals surface area contributed by atoms with Crippen LogP contribution in [0.5, 0.6) is 11.5 Å². The maximum absolute atomic E-state index is 14.8. The van der Waals surface area contributed by atoms with Crippen molar-refractivity contribution in [2.75, 3.05) is 18.1 Å². The van der Waals surface area contributed by atoms with Crippen molar-refractivity contribution in [3.05, 3.63) is 51.0 Å². The van der Waals surface area contributed by atoms with Gasteiger partial charge in [-0.1, -0.05) is 17.7 Å². The Labute approximate surface area is 189 Å². The number of aromatic nitrogens is 1. The molecule has 0 unspecified atom stereocenters. The van der Waals surface area contributed by atoms with Crippen LogP contribution < -0.4 is 15.2 Å². The maximum Gasteiger partial charge on any atom is 0.271 e. The SMILES string of the molecule is C[C@H]1CCCCN1c1c(C#N)c(=O)n2c3c(c(-c4c(O)cccc4F)c(Cl)cc13)OCC2. The van der Waals surface area contributed by atoms with Crippen LogP contribution in [0.25, 0.3) is 22.0 Å². The minimum atomic E-state index is -0.649.